The summed E-state index contributed by atoms with van der Waals surface area (Å²) in [5.74, 6) is 0.0449. The summed E-state index contributed by atoms with van der Waals surface area (Å²) in [4.78, 5) is 25.2. The van der Waals surface area contributed by atoms with Gasteiger partial charge in [0.2, 0.25) is 0 Å². The molecule has 0 spiro atoms. The summed E-state index contributed by atoms with van der Waals surface area (Å²) in [5, 5.41) is 13.9. The second-order valence-electron chi connectivity index (χ2n) is 12.3. The molecule has 5 nitrogen and oxygen atoms in total. The van der Waals surface area contributed by atoms with Crippen LogP contribution in [0.25, 0.3) is 10.9 Å². The third kappa shape index (κ3) is 7.23. The Kier molecular flexibility index (Phi) is 9.10. The number of fused-ring (bicyclic) bond motifs is 1. The first kappa shape index (κ1) is 29.8. The predicted molar refractivity (Wildman–Crippen MR) is 175 cm³/mol. The second-order valence-corrected chi connectivity index (χ2v) is 12.3. The molecule has 1 heterocycles. The highest BCUT2D eigenvalue weighted by molar-refractivity contribution is 6.04. The van der Waals surface area contributed by atoms with Gasteiger partial charge in [0.25, 0.3) is 5.91 Å². The molecule has 0 saturated carbocycles. The molecule has 0 bridgehead atoms. The van der Waals surface area contributed by atoms with Crippen molar-refractivity contribution in [1.82, 2.24) is 4.57 Å². The van der Waals surface area contributed by atoms with E-state index in [4.69, 9.17) is 0 Å². The monoisotopic (exact) mass is 572 g/mol. The summed E-state index contributed by atoms with van der Waals surface area (Å²) in [6.07, 6.45) is 3.58. The van der Waals surface area contributed by atoms with Crippen molar-refractivity contribution in [3.63, 3.8) is 0 Å². The molecular formula is C38H40N2O3. The molecule has 2 N–H and O–H groups in total. The quantitative estimate of drug-likeness (QED) is 0.166. The number of benzene rings is 4. The Bertz CT molecular complexity index is 1660. The van der Waals surface area contributed by atoms with E-state index in [2.05, 4.69) is 81.5 Å². The van der Waals surface area contributed by atoms with Crippen molar-refractivity contribution in [2.75, 3.05) is 5.32 Å². The molecule has 43 heavy (non-hydrogen) atoms. The molecule has 0 fully saturated rings. The molecule has 0 aliphatic carbocycles. The molecule has 0 amide bonds. The van der Waals surface area contributed by atoms with Crippen molar-refractivity contribution >= 4 is 28.5 Å². The zero-order valence-corrected chi connectivity index (χ0v) is 25.4. The van der Waals surface area contributed by atoms with Gasteiger partial charge in [0, 0.05) is 22.8 Å². The lowest BCUT2D eigenvalue weighted by Gasteiger charge is -2.22. The Balaban J connectivity index is 1.47. The molecule has 5 heteroatoms. The minimum absolute atomic E-state index is 0.110. The van der Waals surface area contributed by atoms with Crippen LogP contribution in [0.4, 0.5) is 5.69 Å². The maximum Gasteiger partial charge on any atom is 0.307 e. The van der Waals surface area contributed by atoms with Gasteiger partial charge < -0.3 is 10.4 Å². The lowest BCUT2D eigenvalue weighted by atomic mass is 9.93. The van der Waals surface area contributed by atoms with Gasteiger partial charge in [-0.3, -0.25) is 14.2 Å². The fraction of sp³-hybridized carbons (Fsp3) is 0.263. The van der Waals surface area contributed by atoms with E-state index in [1.807, 2.05) is 42.5 Å². The van der Waals surface area contributed by atoms with E-state index in [1.54, 1.807) is 16.8 Å². The first-order valence-electron chi connectivity index (χ1n) is 15.1. The maximum absolute atomic E-state index is 13.8. The minimum Gasteiger partial charge on any atom is -0.481 e. The molecule has 0 radical (unpaired) electrons. The molecule has 0 aliphatic rings. The van der Waals surface area contributed by atoms with Gasteiger partial charge in [-0.15, -0.1) is 0 Å². The minimum atomic E-state index is -0.929. The number of hydrogen-bond donors (Lipinski definition) is 2. The number of carbonyl (C=O) groups excluding carboxylic acids is 1. The summed E-state index contributed by atoms with van der Waals surface area (Å²) in [5.41, 5.74) is 7.60. The van der Waals surface area contributed by atoms with Crippen molar-refractivity contribution in [3.8, 4) is 0 Å². The largest absolute Gasteiger partial charge is 0.481 e. The van der Waals surface area contributed by atoms with Crippen molar-refractivity contribution < 1.29 is 14.7 Å². The predicted octanol–water partition coefficient (Wildman–Crippen LogP) is 8.56. The molecule has 4 aromatic carbocycles. The van der Waals surface area contributed by atoms with Gasteiger partial charge in [0.05, 0.1) is 18.0 Å². The van der Waals surface area contributed by atoms with Crippen molar-refractivity contribution in [2.45, 2.75) is 53.0 Å². The van der Waals surface area contributed by atoms with Gasteiger partial charge in [-0.25, -0.2) is 0 Å². The van der Waals surface area contributed by atoms with Gasteiger partial charge in [0.15, 0.2) is 0 Å². The van der Waals surface area contributed by atoms with E-state index in [0.717, 1.165) is 35.0 Å². The number of rotatable bonds is 11. The molecule has 0 unspecified atom stereocenters. The average molecular weight is 573 g/mol. The standard InChI is InChI=1S/C38H40N2O3/c1-25(2)20-27-12-16-29(17-13-27)37(30-18-14-28(15-19-30)21-26(3)4)39-33-9-7-8-31(22-33)38(43)40-24-32(23-36(41)42)34-10-5-6-11-35(34)40/h5-19,22,24-26,37,39H,20-21,23H2,1-4H3,(H,41,42). The van der Waals surface area contributed by atoms with Crippen LogP contribution in [0.15, 0.2) is 103 Å². The zero-order valence-electron chi connectivity index (χ0n) is 25.4. The average Bonchev–Trinajstić information content (AvgIpc) is 3.34. The third-order valence-corrected chi connectivity index (χ3v) is 7.69. The number of para-hydroxylation sites is 1. The Morgan fingerprint density at radius 2 is 1.33 bits per heavy atom. The number of aliphatic carboxylic acids is 1. The van der Waals surface area contributed by atoms with E-state index in [9.17, 15) is 14.7 Å². The van der Waals surface area contributed by atoms with Crippen molar-refractivity contribution in [3.05, 3.63) is 137 Å². The summed E-state index contributed by atoms with van der Waals surface area (Å²) in [6, 6.07) is 32.5. The molecule has 220 valence electrons. The molecule has 0 saturated heterocycles. The van der Waals surface area contributed by atoms with Crippen LogP contribution in [0.2, 0.25) is 0 Å². The molecule has 0 aliphatic heterocycles. The molecule has 0 atom stereocenters. The second kappa shape index (κ2) is 13.1. The van der Waals surface area contributed by atoms with E-state index in [1.165, 1.54) is 11.1 Å². The zero-order chi connectivity index (χ0) is 30.5. The number of nitrogens with one attached hydrogen (secondary N) is 1. The number of carbonyl (C=O) groups is 2. The van der Waals surface area contributed by atoms with Crippen LogP contribution in [0.1, 0.15) is 71.9 Å². The highest BCUT2D eigenvalue weighted by Gasteiger charge is 2.19. The number of aromatic nitrogens is 1. The SMILES string of the molecule is CC(C)Cc1ccc(C(Nc2cccc(C(=O)n3cc(CC(=O)O)c4ccccc43)c2)c2ccc(CC(C)C)cc2)cc1. The lowest BCUT2D eigenvalue weighted by molar-refractivity contribution is -0.136. The Morgan fingerprint density at radius 3 is 1.88 bits per heavy atom. The maximum atomic E-state index is 13.8. The normalized spacial score (nSPS) is 11.5. The van der Waals surface area contributed by atoms with Gasteiger partial charge >= 0.3 is 5.97 Å². The Morgan fingerprint density at radius 1 is 0.744 bits per heavy atom. The van der Waals surface area contributed by atoms with Crippen LogP contribution in [0.5, 0.6) is 0 Å². The van der Waals surface area contributed by atoms with Crippen LogP contribution in [-0.2, 0) is 24.1 Å². The Labute approximate surface area is 254 Å². The van der Waals surface area contributed by atoms with Crippen LogP contribution in [-0.4, -0.2) is 21.6 Å². The fourth-order valence-electron chi connectivity index (χ4n) is 5.76. The lowest BCUT2D eigenvalue weighted by Crippen LogP contribution is -2.14. The highest BCUT2D eigenvalue weighted by atomic mass is 16.4. The first-order chi connectivity index (χ1) is 20.7. The van der Waals surface area contributed by atoms with Crippen molar-refractivity contribution in [2.24, 2.45) is 11.8 Å². The van der Waals surface area contributed by atoms with Crippen molar-refractivity contribution in [1.29, 1.82) is 0 Å². The van der Waals surface area contributed by atoms with E-state index < -0.39 is 5.97 Å². The summed E-state index contributed by atoms with van der Waals surface area (Å²) in [7, 11) is 0. The van der Waals surface area contributed by atoms with E-state index in [0.29, 0.717) is 28.5 Å². The molecule has 5 aromatic rings. The summed E-state index contributed by atoms with van der Waals surface area (Å²) < 4.78 is 1.56. The number of carboxylic acids is 1. The number of nitrogens with zero attached hydrogens (tertiary/aromatic N) is 1. The van der Waals surface area contributed by atoms with Gasteiger partial charge in [0.1, 0.15) is 0 Å². The van der Waals surface area contributed by atoms with E-state index in [-0.39, 0.29) is 18.4 Å². The Hall–Kier alpha value is -4.64. The van der Waals surface area contributed by atoms with E-state index >= 15 is 0 Å². The third-order valence-electron chi connectivity index (χ3n) is 7.69. The summed E-state index contributed by atoms with van der Waals surface area (Å²) in [6.45, 7) is 8.92. The fourth-order valence-corrected chi connectivity index (χ4v) is 5.76. The topological polar surface area (TPSA) is 71.3 Å². The molecule has 5 rings (SSSR count). The number of hydrogen-bond acceptors (Lipinski definition) is 3. The highest BCUT2D eigenvalue weighted by Crippen LogP contribution is 2.30. The van der Waals surface area contributed by atoms with Crippen LogP contribution < -0.4 is 5.32 Å². The smallest absolute Gasteiger partial charge is 0.307 e. The van der Waals surface area contributed by atoms with Gasteiger partial charge in [-0.05, 0) is 76.8 Å². The van der Waals surface area contributed by atoms with Crippen LogP contribution in [0, 0.1) is 11.8 Å². The number of carboxylic acid groups (broad SMARTS) is 1. The molecule has 1 aromatic heterocycles. The first-order valence-corrected chi connectivity index (χ1v) is 15.1. The van der Waals surface area contributed by atoms with Gasteiger partial charge in [-0.2, -0.15) is 0 Å². The molecular weight excluding hydrogens is 532 g/mol. The summed E-state index contributed by atoms with van der Waals surface area (Å²) >= 11 is 0. The van der Waals surface area contributed by atoms with Crippen LogP contribution in [0.3, 0.4) is 0 Å². The van der Waals surface area contributed by atoms with Gasteiger partial charge in [-0.1, -0.05) is 100 Å². The van der Waals surface area contributed by atoms with Crippen LogP contribution >= 0.6 is 0 Å². The number of anilines is 1.